The van der Waals surface area contributed by atoms with Gasteiger partial charge in [0.25, 0.3) is 0 Å². The minimum Gasteiger partial charge on any atom is -0.374 e. The highest BCUT2D eigenvalue weighted by molar-refractivity contribution is 7.09. The Balaban J connectivity index is 1.57. The highest BCUT2D eigenvalue weighted by Crippen LogP contribution is 2.24. The third-order valence-electron chi connectivity index (χ3n) is 3.44. The molecule has 1 N–H and O–H groups in total. The molecule has 5 heteroatoms. The summed E-state index contributed by atoms with van der Waals surface area (Å²) in [7, 11) is 2.18. The molecule has 0 unspecified atom stereocenters. The molecule has 1 fully saturated rings. The van der Waals surface area contributed by atoms with Gasteiger partial charge in [0.2, 0.25) is 0 Å². The van der Waals surface area contributed by atoms with Crippen LogP contribution in [-0.2, 0) is 17.9 Å². The fourth-order valence-electron chi connectivity index (χ4n) is 2.05. The molecule has 0 bridgehead atoms. The van der Waals surface area contributed by atoms with Gasteiger partial charge in [0, 0.05) is 24.5 Å². The molecule has 4 nitrogen and oxygen atoms in total. The van der Waals surface area contributed by atoms with E-state index in [0.29, 0.717) is 12.5 Å². The molecule has 1 heterocycles. The number of thiazole rings is 1. The summed E-state index contributed by atoms with van der Waals surface area (Å²) in [5.41, 5.74) is 1.06. The smallest absolute Gasteiger partial charge is 0.107 e. The molecule has 1 aromatic rings. The van der Waals surface area contributed by atoms with Crippen LogP contribution in [0.5, 0.6) is 0 Å². The van der Waals surface area contributed by atoms with Crippen LogP contribution in [0.15, 0.2) is 5.38 Å². The second-order valence-corrected chi connectivity index (χ2v) is 6.96. The van der Waals surface area contributed by atoms with E-state index in [0.717, 1.165) is 43.0 Å². The van der Waals surface area contributed by atoms with Crippen LogP contribution in [0, 0.1) is 5.92 Å². The summed E-state index contributed by atoms with van der Waals surface area (Å²) in [6.45, 7) is 8.80. The lowest BCUT2D eigenvalue weighted by Crippen LogP contribution is -2.25. The van der Waals surface area contributed by atoms with Crippen LogP contribution in [0.4, 0.5) is 0 Å². The zero-order chi connectivity index (χ0) is 14.4. The molecule has 1 aliphatic rings. The number of hydrogen-bond acceptors (Lipinski definition) is 5. The minimum absolute atomic E-state index is 0.638. The van der Waals surface area contributed by atoms with Crippen molar-refractivity contribution in [2.75, 3.05) is 26.7 Å². The second kappa shape index (κ2) is 8.08. The third-order valence-corrected chi connectivity index (χ3v) is 4.33. The fraction of sp³-hybridized carbons (Fsp3) is 0.800. The van der Waals surface area contributed by atoms with E-state index < -0.39 is 0 Å². The van der Waals surface area contributed by atoms with Crippen molar-refractivity contribution in [2.24, 2.45) is 5.92 Å². The van der Waals surface area contributed by atoms with Crippen molar-refractivity contribution < 1.29 is 4.74 Å². The quantitative estimate of drug-likeness (QED) is 0.673. The van der Waals surface area contributed by atoms with Crippen molar-refractivity contribution in [1.29, 1.82) is 0 Å². The highest BCUT2D eigenvalue weighted by atomic mass is 32.1. The SMILES string of the molecule is CC(C)CNCc1nc(COCCN(C)C2CC2)cs1. The number of aromatic nitrogens is 1. The van der Waals surface area contributed by atoms with Crippen molar-refractivity contribution in [3.8, 4) is 0 Å². The van der Waals surface area contributed by atoms with Crippen molar-refractivity contribution in [1.82, 2.24) is 15.2 Å². The van der Waals surface area contributed by atoms with Gasteiger partial charge in [-0.25, -0.2) is 4.98 Å². The Morgan fingerprint density at radius 2 is 2.30 bits per heavy atom. The lowest BCUT2D eigenvalue weighted by molar-refractivity contribution is 0.0960. The molecular formula is C15H27N3OS. The molecule has 1 aliphatic carbocycles. The topological polar surface area (TPSA) is 37.4 Å². The first-order valence-electron chi connectivity index (χ1n) is 7.57. The predicted molar refractivity (Wildman–Crippen MR) is 84.0 cm³/mol. The Morgan fingerprint density at radius 3 is 3.00 bits per heavy atom. The number of hydrogen-bond donors (Lipinski definition) is 1. The van der Waals surface area contributed by atoms with E-state index in [1.807, 2.05) is 0 Å². The van der Waals surface area contributed by atoms with Crippen LogP contribution in [-0.4, -0.2) is 42.7 Å². The van der Waals surface area contributed by atoms with E-state index in [1.165, 1.54) is 12.8 Å². The average Bonchev–Trinajstić information content (AvgIpc) is 3.16. The molecular weight excluding hydrogens is 270 g/mol. The van der Waals surface area contributed by atoms with Gasteiger partial charge in [-0.2, -0.15) is 0 Å². The van der Waals surface area contributed by atoms with Crippen molar-refractivity contribution in [3.63, 3.8) is 0 Å². The van der Waals surface area contributed by atoms with Gasteiger partial charge in [-0.3, -0.25) is 0 Å². The zero-order valence-electron chi connectivity index (χ0n) is 12.9. The number of likely N-dealkylation sites (N-methyl/N-ethyl adjacent to an activating group) is 1. The zero-order valence-corrected chi connectivity index (χ0v) is 13.7. The van der Waals surface area contributed by atoms with Gasteiger partial charge in [-0.15, -0.1) is 11.3 Å². The maximum absolute atomic E-state index is 5.71. The summed E-state index contributed by atoms with van der Waals surface area (Å²) in [4.78, 5) is 6.98. The Bertz CT molecular complexity index is 390. The van der Waals surface area contributed by atoms with Crippen LogP contribution in [0.3, 0.4) is 0 Å². The highest BCUT2D eigenvalue weighted by Gasteiger charge is 2.25. The van der Waals surface area contributed by atoms with E-state index in [9.17, 15) is 0 Å². The molecule has 0 atom stereocenters. The van der Waals surface area contributed by atoms with Gasteiger partial charge in [0.15, 0.2) is 0 Å². The maximum Gasteiger partial charge on any atom is 0.107 e. The molecule has 0 aromatic carbocycles. The lowest BCUT2D eigenvalue weighted by atomic mass is 10.2. The number of nitrogens with zero attached hydrogens (tertiary/aromatic N) is 2. The van der Waals surface area contributed by atoms with Crippen LogP contribution in [0.1, 0.15) is 37.4 Å². The van der Waals surface area contributed by atoms with E-state index >= 15 is 0 Å². The Morgan fingerprint density at radius 1 is 1.50 bits per heavy atom. The summed E-state index contributed by atoms with van der Waals surface area (Å²) in [5, 5.41) is 6.68. The summed E-state index contributed by atoms with van der Waals surface area (Å²) in [6, 6.07) is 0.816. The van der Waals surface area contributed by atoms with Crippen molar-refractivity contribution >= 4 is 11.3 Å². The maximum atomic E-state index is 5.71. The van der Waals surface area contributed by atoms with Crippen molar-refractivity contribution in [2.45, 2.75) is 45.9 Å². The monoisotopic (exact) mass is 297 g/mol. The Kier molecular flexibility index (Phi) is 6.42. The average molecular weight is 297 g/mol. The van der Waals surface area contributed by atoms with Gasteiger partial charge in [0.05, 0.1) is 18.9 Å². The van der Waals surface area contributed by atoms with E-state index in [2.05, 4.69) is 41.5 Å². The molecule has 0 amide bonds. The number of ether oxygens (including phenoxy) is 1. The van der Waals surface area contributed by atoms with E-state index in [1.54, 1.807) is 11.3 Å². The van der Waals surface area contributed by atoms with Gasteiger partial charge < -0.3 is 15.0 Å². The Labute approximate surface area is 126 Å². The molecule has 0 spiro atoms. The minimum atomic E-state index is 0.638. The molecule has 114 valence electrons. The number of nitrogens with one attached hydrogen (secondary N) is 1. The molecule has 1 aromatic heterocycles. The molecule has 1 saturated carbocycles. The normalized spacial score (nSPS) is 15.4. The summed E-state index contributed by atoms with van der Waals surface area (Å²) in [6.07, 6.45) is 2.71. The van der Waals surface area contributed by atoms with Gasteiger partial charge in [0.1, 0.15) is 5.01 Å². The van der Waals surface area contributed by atoms with Crippen LogP contribution < -0.4 is 5.32 Å². The largest absolute Gasteiger partial charge is 0.374 e. The Hall–Kier alpha value is -0.490. The predicted octanol–water partition coefficient (Wildman–Crippen LogP) is 2.50. The lowest BCUT2D eigenvalue weighted by Gasteiger charge is -2.14. The third kappa shape index (κ3) is 5.87. The molecule has 2 rings (SSSR count). The standard InChI is InChI=1S/C15H27N3OS/c1-12(2)8-16-9-15-17-13(11-20-15)10-19-7-6-18(3)14-4-5-14/h11-12,14,16H,4-10H2,1-3H3. The molecule has 20 heavy (non-hydrogen) atoms. The first kappa shape index (κ1) is 15.9. The van der Waals surface area contributed by atoms with Crippen LogP contribution >= 0.6 is 11.3 Å². The van der Waals surface area contributed by atoms with Gasteiger partial charge in [-0.05, 0) is 32.4 Å². The molecule has 0 aliphatic heterocycles. The molecule has 0 saturated heterocycles. The second-order valence-electron chi connectivity index (χ2n) is 6.02. The number of rotatable bonds is 10. The first-order chi connectivity index (χ1) is 9.65. The first-order valence-corrected chi connectivity index (χ1v) is 8.45. The van der Waals surface area contributed by atoms with Crippen LogP contribution in [0.25, 0.3) is 0 Å². The summed E-state index contributed by atoms with van der Waals surface area (Å²) >= 11 is 1.72. The van der Waals surface area contributed by atoms with Gasteiger partial charge in [-0.1, -0.05) is 13.8 Å². The van der Waals surface area contributed by atoms with E-state index in [-0.39, 0.29) is 0 Å². The summed E-state index contributed by atoms with van der Waals surface area (Å²) in [5.74, 6) is 0.682. The summed E-state index contributed by atoms with van der Waals surface area (Å²) < 4.78 is 5.71. The fourth-order valence-corrected chi connectivity index (χ4v) is 2.80. The van der Waals surface area contributed by atoms with Crippen molar-refractivity contribution in [3.05, 3.63) is 16.1 Å². The van der Waals surface area contributed by atoms with Gasteiger partial charge >= 0.3 is 0 Å². The molecule has 0 radical (unpaired) electrons. The van der Waals surface area contributed by atoms with Crippen LogP contribution in [0.2, 0.25) is 0 Å². The van der Waals surface area contributed by atoms with E-state index in [4.69, 9.17) is 4.74 Å².